The molecule has 108 valence electrons. The van der Waals surface area contributed by atoms with Gasteiger partial charge in [-0.05, 0) is 18.1 Å². The molecule has 0 heterocycles. The van der Waals surface area contributed by atoms with Crippen LogP contribution in [0, 0.1) is 5.92 Å². The molecule has 6 heteroatoms. The molecule has 0 spiro atoms. The molecule has 0 aliphatic carbocycles. The summed E-state index contributed by atoms with van der Waals surface area (Å²) in [5.74, 6) is 0.504. The van der Waals surface area contributed by atoms with Gasteiger partial charge in [0.25, 0.3) is 0 Å². The first kappa shape index (κ1) is 15.6. The third-order valence-corrected chi connectivity index (χ3v) is 2.20. The Hall–Kier alpha value is -1.43. The quantitative estimate of drug-likeness (QED) is 0.640. The number of hydrogen-bond acceptors (Lipinski definition) is 3. The van der Waals surface area contributed by atoms with Crippen LogP contribution in [-0.4, -0.2) is 19.8 Å². The highest BCUT2D eigenvalue weighted by atomic mass is 19.4. The second-order valence-corrected chi connectivity index (χ2v) is 4.61. The second-order valence-electron chi connectivity index (χ2n) is 4.61. The van der Waals surface area contributed by atoms with Gasteiger partial charge in [0, 0.05) is 18.4 Å². The van der Waals surface area contributed by atoms with Crippen LogP contribution in [0.4, 0.5) is 18.9 Å². The topological polar surface area (TPSA) is 44.5 Å². The van der Waals surface area contributed by atoms with Crippen LogP contribution in [-0.2, 0) is 10.9 Å². The van der Waals surface area contributed by atoms with E-state index in [1.54, 1.807) is 0 Å². The van der Waals surface area contributed by atoms with Gasteiger partial charge in [0.15, 0.2) is 0 Å². The Morgan fingerprint density at radius 3 is 2.42 bits per heavy atom. The molecule has 3 nitrogen and oxygen atoms in total. The Bertz CT molecular complexity index is 405. The van der Waals surface area contributed by atoms with E-state index in [-0.39, 0.29) is 18.0 Å². The Balaban J connectivity index is 2.52. The van der Waals surface area contributed by atoms with E-state index in [2.05, 4.69) is 0 Å². The van der Waals surface area contributed by atoms with Gasteiger partial charge >= 0.3 is 6.18 Å². The minimum Gasteiger partial charge on any atom is -0.491 e. The molecule has 0 aliphatic heterocycles. The predicted octanol–water partition coefficient (Wildman–Crippen LogP) is 3.34. The number of rotatable bonds is 6. The fraction of sp³-hybridized carbons (Fsp3) is 0.538. The maximum atomic E-state index is 12.5. The summed E-state index contributed by atoms with van der Waals surface area (Å²) >= 11 is 0. The zero-order valence-corrected chi connectivity index (χ0v) is 11.0. The third-order valence-electron chi connectivity index (χ3n) is 2.20. The first-order valence-corrected chi connectivity index (χ1v) is 5.97. The number of nitrogen functional groups attached to an aromatic ring is 1. The number of anilines is 1. The Morgan fingerprint density at radius 2 is 1.84 bits per heavy atom. The molecule has 0 amide bonds. The van der Waals surface area contributed by atoms with E-state index in [9.17, 15) is 13.2 Å². The van der Waals surface area contributed by atoms with Crippen LogP contribution in [0.25, 0.3) is 0 Å². The molecule has 2 N–H and O–H groups in total. The SMILES string of the molecule is CC(C)COCCOc1cc(N)cc(C(F)(F)F)c1. The molecule has 1 aromatic rings. The number of halogens is 3. The van der Waals surface area contributed by atoms with E-state index in [1.165, 1.54) is 6.07 Å². The van der Waals surface area contributed by atoms with E-state index >= 15 is 0 Å². The van der Waals surface area contributed by atoms with Crippen LogP contribution in [0.3, 0.4) is 0 Å². The summed E-state index contributed by atoms with van der Waals surface area (Å²) in [5.41, 5.74) is 4.62. The minimum atomic E-state index is -4.43. The first-order valence-electron chi connectivity index (χ1n) is 5.97. The second kappa shape index (κ2) is 6.65. The Morgan fingerprint density at radius 1 is 1.16 bits per heavy atom. The standard InChI is InChI=1S/C13H18F3NO2/c1-9(2)8-18-3-4-19-12-6-10(13(14,15)16)5-11(17)7-12/h5-7,9H,3-4,8,17H2,1-2H3. The van der Waals surface area contributed by atoms with Crippen molar-refractivity contribution in [1.82, 2.24) is 0 Å². The van der Waals surface area contributed by atoms with Crippen molar-refractivity contribution in [3.8, 4) is 5.75 Å². The van der Waals surface area contributed by atoms with Crippen molar-refractivity contribution < 1.29 is 22.6 Å². The lowest BCUT2D eigenvalue weighted by molar-refractivity contribution is -0.137. The van der Waals surface area contributed by atoms with Crippen molar-refractivity contribution in [2.45, 2.75) is 20.0 Å². The molecule has 0 bridgehead atoms. The van der Waals surface area contributed by atoms with Crippen LogP contribution < -0.4 is 10.5 Å². The van der Waals surface area contributed by atoms with Gasteiger partial charge in [0.1, 0.15) is 12.4 Å². The van der Waals surface area contributed by atoms with Gasteiger partial charge in [-0.15, -0.1) is 0 Å². The molecule has 1 rings (SSSR count). The van der Waals surface area contributed by atoms with Gasteiger partial charge in [-0.25, -0.2) is 0 Å². The van der Waals surface area contributed by atoms with Crippen LogP contribution in [0.15, 0.2) is 18.2 Å². The van der Waals surface area contributed by atoms with Gasteiger partial charge in [0.05, 0.1) is 12.2 Å². The number of alkyl halides is 3. The summed E-state index contributed by atoms with van der Waals surface area (Å²) < 4.78 is 48.1. The zero-order valence-electron chi connectivity index (χ0n) is 11.0. The highest BCUT2D eigenvalue weighted by Crippen LogP contribution is 2.33. The van der Waals surface area contributed by atoms with E-state index in [1.807, 2.05) is 13.8 Å². The summed E-state index contributed by atoms with van der Waals surface area (Å²) in [6.45, 7) is 5.12. The van der Waals surface area contributed by atoms with Crippen molar-refractivity contribution in [3.05, 3.63) is 23.8 Å². The average Bonchev–Trinajstić information content (AvgIpc) is 2.26. The molecular formula is C13H18F3NO2. The lowest BCUT2D eigenvalue weighted by atomic mass is 10.2. The third kappa shape index (κ3) is 5.83. The minimum absolute atomic E-state index is 0.0212. The smallest absolute Gasteiger partial charge is 0.416 e. The average molecular weight is 277 g/mol. The molecule has 0 unspecified atom stereocenters. The van der Waals surface area contributed by atoms with Crippen LogP contribution in [0.5, 0.6) is 5.75 Å². The number of nitrogens with two attached hydrogens (primary N) is 1. The van der Waals surface area contributed by atoms with Gasteiger partial charge in [-0.3, -0.25) is 0 Å². The summed E-state index contributed by atoms with van der Waals surface area (Å²) in [6, 6.07) is 3.17. The van der Waals surface area contributed by atoms with Gasteiger partial charge in [0.2, 0.25) is 0 Å². The summed E-state index contributed by atoms with van der Waals surface area (Å²) in [6.07, 6.45) is -4.43. The van der Waals surface area contributed by atoms with Crippen LogP contribution in [0.2, 0.25) is 0 Å². The van der Waals surface area contributed by atoms with Crippen LogP contribution >= 0.6 is 0 Å². The normalized spacial score (nSPS) is 11.9. The van der Waals surface area contributed by atoms with E-state index in [0.717, 1.165) is 12.1 Å². The van der Waals surface area contributed by atoms with Crippen molar-refractivity contribution in [2.24, 2.45) is 5.92 Å². The lowest BCUT2D eigenvalue weighted by Crippen LogP contribution is -2.11. The maximum absolute atomic E-state index is 12.5. The predicted molar refractivity (Wildman–Crippen MR) is 67.0 cm³/mol. The first-order chi connectivity index (χ1) is 8.79. The molecule has 0 saturated heterocycles. The Labute approximate surface area is 110 Å². The molecule has 0 radical (unpaired) electrons. The molecule has 19 heavy (non-hydrogen) atoms. The van der Waals surface area contributed by atoms with Crippen molar-refractivity contribution in [3.63, 3.8) is 0 Å². The van der Waals surface area contributed by atoms with Gasteiger partial charge < -0.3 is 15.2 Å². The fourth-order valence-electron chi connectivity index (χ4n) is 1.41. The highest BCUT2D eigenvalue weighted by Gasteiger charge is 2.31. The zero-order chi connectivity index (χ0) is 14.5. The lowest BCUT2D eigenvalue weighted by Gasteiger charge is -2.12. The molecule has 1 aromatic carbocycles. The number of ether oxygens (including phenoxy) is 2. The Kier molecular flexibility index (Phi) is 5.47. The molecular weight excluding hydrogens is 259 g/mol. The van der Waals surface area contributed by atoms with E-state index in [0.29, 0.717) is 19.1 Å². The van der Waals surface area contributed by atoms with Crippen LogP contribution in [0.1, 0.15) is 19.4 Å². The monoisotopic (exact) mass is 277 g/mol. The molecule has 0 aromatic heterocycles. The summed E-state index contributed by atoms with van der Waals surface area (Å²) in [4.78, 5) is 0. The van der Waals surface area contributed by atoms with Crippen molar-refractivity contribution in [2.75, 3.05) is 25.6 Å². The van der Waals surface area contributed by atoms with E-state index in [4.69, 9.17) is 15.2 Å². The molecule has 0 fully saturated rings. The molecule has 0 saturated carbocycles. The molecule has 0 atom stereocenters. The number of hydrogen-bond donors (Lipinski definition) is 1. The summed E-state index contributed by atoms with van der Waals surface area (Å²) in [5, 5.41) is 0. The number of benzene rings is 1. The summed E-state index contributed by atoms with van der Waals surface area (Å²) in [7, 11) is 0. The van der Waals surface area contributed by atoms with Crippen molar-refractivity contribution in [1.29, 1.82) is 0 Å². The molecule has 0 aliphatic rings. The highest BCUT2D eigenvalue weighted by molar-refractivity contribution is 5.48. The fourth-order valence-corrected chi connectivity index (χ4v) is 1.41. The van der Waals surface area contributed by atoms with Crippen molar-refractivity contribution >= 4 is 5.69 Å². The van der Waals surface area contributed by atoms with E-state index < -0.39 is 11.7 Å². The van der Waals surface area contributed by atoms with Gasteiger partial charge in [-0.2, -0.15) is 13.2 Å². The van der Waals surface area contributed by atoms with Gasteiger partial charge in [-0.1, -0.05) is 13.8 Å². The largest absolute Gasteiger partial charge is 0.491 e. The maximum Gasteiger partial charge on any atom is 0.416 e.